The Kier molecular flexibility index (Phi) is 5.66. The van der Waals surface area contributed by atoms with Crippen LogP contribution in [-0.4, -0.2) is 35.8 Å². The van der Waals surface area contributed by atoms with Crippen molar-refractivity contribution in [2.45, 2.75) is 38.8 Å². The fourth-order valence-electron chi connectivity index (χ4n) is 1.52. The molecule has 1 atom stereocenters. The number of ether oxygens (including phenoxy) is 2. The first-order chi connectivity index (χ1) is 9.71. The predicted molar refractivity (Wildman–Crippen MR) is 77.8 cm³/mol. The topological polar surface area (TPSA) is 104 Å². The van der Waals surface area contributed by atoms with Gasteiger partial charge in [-0.3, -0.25) is 10.1 Å². The Morgan fingerprint density at radius 3 is 2.52 bits per heavy atom. The molecule has 116 valence electrons. The molecule has 0 saturated carbocycles. The summed E-state index contributed by atoms with van der Waals surface area (Å²) in [5.41, 5.74) is 5.85. The van der Waals surface area contributed by atoms with Crippen molar-refractivity contribution in [2.75, 3.05) is 12.4 Å². The summed E-state index contributed by atoms with van der Waals surface area (Å²) in [5.74, 6) is -0.120. The van der Waals surface area contributed by atoms with Crippen LogP contribution in [0.4, 0.5) is 10.6 Å². The number of carbonyl (C=O) groups excluding carboxylic acids is 2. The van der Waals surface area contributed by atoms with Gasteiger partial charge in [-0.15, -0.1) is 0 Å². The van der Waals surface area contributed by atoms with Gasteiger partial charge in [0.15, 0.2) is 0 Å². The number of rotatable bonds is 4. The van der Waals surface area contributed by atoms with E-state index in [9.17, 15) is 9.59 Å². The third-order valence-electron chi connectivity index (χ3n) is 2.41. The number of pyridine rings is 1. The molecule has 0 bridgehead atoms. The molecular formula is C14H21N3O4. The van der Waals surface area contributed by atoms with Crippen LogP contribution < -0.4 is 11.1 Å². The van der Waals surface area contributed by atoms with E-state index in [0.717, 1.165) is 5.56 Å². The van der Waals surface area contributed by atoms with Gasteiger partial charge in [-0.2, -0.15) is 0 Å². The number of hydrogen-bond acceptors (Lipinski definition) is 6. The number of esters is 1. The first kappa shape index (κ1) is 16.9. The van der Waals surface area contributed by atoms with Crippen LogP contribution in [0.1, 0.15) is 26.3 Å². The van der Waals surface area contributed by atoms with E-state index >= 15 is 0 Å². The average Bonchev–Trinajstić information content (AvgIpc) is 2.37. The number of nitrogens with two attached hydrogens (primary N) is 1. The van der Waals surface area contributed by atoms with Crippen molar-refractivity contribution in [2.24, 2.45) is 5.73 Å². The van der Waals surface area contributed by atoms with Gasteiger partial charge in [-0.05, 0) is 38.8 Å². The number of anilines is 1. The second kappa shape index (κ2) is 7.03. The lowest BCUT2D eigenvalue weighted by molar-refractivity contribution is -0.142. The number of nitrogens with zero attached hydrogens (tertiary/aromatic N) is 1. The molecule has 7 nitrogen and oxygen atoms in total. The van der Waals surface area contributed by atoms with Crippen LogP contribution in [0.2, 0.25) is 0 Å². The largest absolute Gasteiger partial charge is 0.468 e. The molecular weight excluding hydrogens is 274 g/mol. The van der Waals surface area contributed by atoms with Gasteiger partial charge in [0.25, 0.3) is 0 Å². The van der Waals surface area contributed by atoms with Crippen molar-refractivity contribution in [3.63, 3.8) is 0 Å². The van der Waals surface area contributed by atoms with E-state index in [1.165, 1.54) is 13.3 Å². The minimum Gasteiger partial charge on any atom is -0.468 e. The second-order valence-corrected chi connectivity index (χ2v) is 5.51. The van der Waals surface area contributed by atoms with Crippen LogP contribution in [0.15, 0.2) is 18.3 Å². The molecule has 1 amide bonds. The third-order valence-corrected chi connectivity index (χ3v) is 2.41. The molecule has 1 rings (SSSR count). The highest BCUT2D eigenvalue weighted by Crippen LogP contribution is 2.11. The highest BCUT2D eigenvalue weighted by Gasteiger charge is 2.17. The molecule has 1 aromatic heterocycles. The Balaban J connectivity index is 2.58. The van der Waals surface area contributed by atoms with Crippen molar-refractivity contribution in [1.82, 2.24) is 4.98 Å². The molecule has 0 radical (unpaired) electrons. The zero-order valence-corrected chi connectivity index (χ0v) is 12.7. The monoisotopic (exact) mass is 295 g/mol. The number of nitrogens with one attached hydrogen (secondary N) is 1. The summed E-state index contributed by atoms with van der Waals surface area (Å²) in [6, 6.07) is 2.60. The highest BCUT2D eigenvalue weighted by molar-refractivity contribution is 5.83. The molecule has 1 aromatic rings. The summed E-state index contributed by atoms with van der Waals surface area (Å²) >= 11 is 0. The average molecular weight is 295 g/mol. The predicted octanol–water partition coefficient (Wildman–Crippen LogP) is 1.47. The number of aromatic nitrogens is 1. The Bertz CT molecular complexity index is 494. The van der Waals surface area contributed by atoms with Crippen LogP contribution in [-0.2, 0) is 20.7 Å². The first-order valence-electron chi connectivity index (χ1n) is 6.49. The van der Waals surface area contributed by atoms with Gasteiger partial charge in [0.2, 0.25) is 0 Å². The maximum atomic E-state index is 11.6. The second-order valence-electron chi connectivity index (χ2n) is 5.51. The minimum absolute atomic E-state index is 0.312. The van der Waals surface area contributed by atoms with E-state index in [1.807, 2.05) is 0 Å². The summed E-state index contributed by atoms with van der Waals surface area (Å²) in [6.07, 6.45) is 1.27. The van der Waals surface area contributed by atoms with Crippen LogP contribution in [0.3, 0.4) is 0 Å². The van der Waals surface area contributed by atoms with E-state index < -0.39 is 23.7 Å². The van der Waals surface area contributed by atoms with E-state index in [1.54, 1.807) is 32.9 Å². The van der Waals surface area contributed by atoms with Gasteiger partial charge in [0.1, 0.15) is 17.5 Å². The lowest BCUT2D eigenvalue weighted by Crippen LogP contribution is -2.33. The van der Waals surface area contributed by atoms with E-state index in [4.69, 9.17) is 10.5 Å². The molecule has 0 saturated heterocycles. The molecule has 21 heavy (non-hydrogen) atoms. The smallest absolute Gasteiger partial charge is 0.413 e. The lowest BCUT2D eigenvalue weighted by atomic mass is 10.1. The number of methoxy groups -OCH3 is 1. The lowest BCUT2D eigenvalue weighted by Gasteiger charge is -2.19. The van der Waals surface area contributed by atoms with Crippen molar-refractivity contribution in [1.29, 1.82) is 0 Å². The van der Waals surface area contributed by atoms with Crippen molar-refractivity contribution in [3.05, 3.63) is 23.9 Å². The molecule has 0 unspecified atom stereocenters. The van der Waals surface area contributed by atoms with E-state index in [2.05, 4.69) is 15.0 Å². The Labute approximate surface area is 123 Å². The van der Waals surface area contributed by atoms with Crippen LogP contribution in [0.5, 0.6) is 0 Å². The molecule has 0 spiro atoms. The molecule has 0 aliphatic rings. The number of amides is 1. The Morgan fingerprint density at radius 1 is 1.38 bits per heavy atom. The van der Waals surface area contributed by atoms with Gasteiger partial charge >= 0.3 is 12.1 Å². The quantitative estimate of drug-likeness (QED) is 0.815. The summed E-state index contributed by atoms with van der Waals surface area (Å²) < 4.78 is 9.66. The zero-order valence-electron chi connectivity index (χ0n) is 12.7. The molecule has 7 heteroatoms. The van der Waals surface area contributed by atoms with Gasteiger partial charge < -0.3 is 15.2 Å². The summed E-state index contributed by atoms with van der Waals surface area (Å²) in [5, 5.41) is 2.52. The van der Waals surface area contributed by atoms with E-state index in [0.29, 0.717) is 12.2 Å². The minimum atomic E-state index is -0.735. The van der Waals surface area contributed by atoms with Gasteiger partial charge in [0, 0.05) is 6.20 Å². The molecule has 1 heterocycles. The SMILES string of the molecule is COC(=O)[C@H](N)Cc1ccc(NC(=O)OC(C)(C)C)nc1. The zero-order chi connectivity index (χ0) is 16.0. The van der Waals surface area contributed by atoms with Gasteiger partial charge in [-0.1, -0.05) is 6.07 Å². The molecule has 0 aliphatic heterocycles. The fraction of sp³-hybridized carbons (Fsp3) is 0.500. The van der Waals surface area contributed by atoms with Crippen molar-refractivity contribution < 1.29 is 19.1 Å². The molecule has 0 aromatic carbocycles. The van der Waals surface area contributed by atoms with E-state index in [-0.39, 0.29) is 0 Å². The molecule has 3 N–H and O–H groups in total. The third kappa shape index (κ3) is 6.22. The van der Waals surface area contributed by atoms with Crippen molar-refractivity contribution >= 4 is 17.9 Å². The number of carbonyl (C=O) groups is 2. The normalized spacial score (nSPS) is 12.4. The molecule has 0 aliphatic carbocycles. The number of hydrogen-bond donors (Lipinski definition) is 2. The Hall–Kier alpha value is -2.15. The first-order valence-corrected chi connectivity index (χ1v) is 6.49. The molecule has 0 fully saturated rings. The summed E-state index contributed by atoms with van der Waals surface area (Å²) in [7, 11) is 1.29. The highest BCUT2D eigenvalue weighted by atomic mass is 16.6. The van der Waals surface area contributed by atoms with Gasteiger partial charge in [0.05, 0.1) is 7.11 Å². The summed E-state index contributed by atoms with van der Waals surface area (Å²) in [4.78, 5) is 26.9. The Morgan fingerprint density at radius 2 is 2.05 bits per heavy atom. The van der Waals surface area contributed by atoms with Crippen LogP contribution in [0.25, 0.3) is 0 Å². The fourth-order valence-corrected chi connectivity index (χ4v) is 1.52. The van der Waals surface area contributed by atoms with Crippen molar-refractivity contribution in [3.8, 4) is 0 Å². The van der Waals surface area contributed by atoms with Crippen LogP contribution >= 0.6 is 0 Å². The van der Waals surface area contributed by atoms with Gasteiger partial charge in [-0.25, -0.2) is 9.78 Å². The summed E-state index contributed by atoms with van der Waals surface area (Å²) in [6.45, 7) is 5.33. The maximum absolute atomic E-state index is 11.6. The van der Waals surface area contributed by atoms with Crippen LogP contribution in [0, 0.1) is 0 Å². The standard InChI is InChI=1S/C14H21N3O4/c1-14(2,3)21-13(19)17-11-6-5-9(8-16-11)7-10(15)12(18)20-4/h5-6,8,10H,7,15H2,1-4H3,(H,16,17,19)/t10-/m1/s1. The maximum Gasteiger partial charge on any atom is 0.413 e.